The number of carbonyl (C=O) groups excluding carboxylic acids is 2. The number of unbranched alkanes of at least 4 members (excludes halogenated alkanes) is 1. The summed E-state index contributed by atoms with van der Waals surface area (Å²) >= 11 is 1.54. The Morgan fingerprint density at radius 1 is 1.50 bits per heavy atom. The van der Waals surface area contributed by atoms with E-state index in [9.17, 15) is 14.7 Å². The van der Waals surface area contributed by atoms with Gasteiger partial charge in [0.25, 0.3) is 0 Å². The summed E-state index contributed by atoms with van der Waals surface area (Å²) in [4.78, 5) is 22.0. The third-order valence-corrected chi connectivity index (χ3v) is 2.88. The fourth-order valence-electron chi connectivity index (χ4n) is 0.892. The maximum Gasteiger partial charge on any atom is 0.336 e. The van der Waals surface area contributed by atoms with Crippen molar-refractivity contribution in [2.75, 3.05) is 25.2 Å². The van der Waals surface area contributed by atoms with Gasteiger partial charge in [0.2, 0.25) is 5.91 Å². The van der Waals surface area contributed by atoms with Crippen molar-refractivity contribution in [1.82, 2.24) is 5.32 Å². The first kappa shape index (κ1) is 15.2. The molecule has 0 saturated heterocycles. The maximum absolute atomic E-state index is 11.2. The summed E-state index contributed by atoms with van der Waals surface area (Å²) in [5.41, 5.74) is 0. The molecule has 0 spiro atoms. The third kappa shape index (κ3) is 7.53. The van der Waals surface area contributed by atoms with Crippen LogP contribution in [0.25, 0.3) is 0 Å². The molecule has 0 aliphatic carbocycles. The molecule has 6 heteroatoms. The summed E-state index contributed by atoms with van der Waals surface area (Å²) in [6.45, 7) is 1.99. The fourth-order valence-corrected chi connectivity index (χ4v) is 1.82. The molecule has 0 aromatic carbocycles. The largest absolute Gasteiger partial charge is 0.467 e. The number of carbonyl (C=O) groups is 2. The van der Waals surface area contributed by atoms with Gasteiger partial charge in [0.1, 0.15) is 0 Å². The van der Waals surface area contributed by atoms with Gasteiger partial charge in [-0.05, 0) is 12.2 Å². The number of aliphatic hydroxyl groups is 1. The highest BCUT2D eigenvalue weighted by atomic mass is 32.2. The lowest BCUT2D eigenvalue weighted by atomic mass is 10.3. The van der Waals surface area contributed by atoms with E-state index in [1.807, 2.05) is 0 Å². The molecular formula is C10H19NO4S. The van der Waals surface area contributed by atoms with Crippen LogP contribution in [0.5, 0.6) is 0 Å². The van der Waals surface area contributed by atoms with Gasteiger partial charge in [-0.25, -0.2) is 4.79 Å². The Hall–Kier alpha value is -0.750. The van der Waals surface area contributed by atoms with Crippen molar-refractivity contribution in [3.63, 3.8) is 0 Å². The van der Waals surface area contributed by atoms with E-state index in [2.05, 4.69) is 17.0 Å². The summed E-state index contributed by atoms with van der Waals surface area (Å²) in [6.07, 6.45) is 0.910. The Bertz CT molecular complexity index is 223. The molecule has 1 amide bonds. The lowest BCUT2D eigenvalue weighted by Gasteiger charge is -2.09. The maximum atomic E-state index is 11.2. The smallest absolute Gasteiger partial charge is 0.336 e. The molecule has 0 bridgehead atoms. The number of hydrogen-bond donors (Lipinski definition) is 2. The van der Waals surface area contributed by atoms with Gasteiger partial charge < -0.3 is 15.2 Å². The van der Waals surface area contributed by atoms with Gasteiger partial charge in [-0.15, -0.1) is 0 Å². The molecule has 16 heavy (non-hydrogen) atoms. The molecule has 0 aromatic heterocycles. The molecule has 0 radical (unpaired) electrons. The van der Waals surface area contributed by atoms with Gasteiger partial charge >= 0.3 is 5.97 Å². The van der Waals surface area contributed by atoms with Crippen LogP contribution in [0, 0.1) is 0 Å². The number of esters is 1. The first-order chi connectivity index (χ1) is 7.61. The SMILES string of the molecule is CCCCSCC(=O)NCC(O)C(=O)OC. The second-order valence-electron chi connectivity index (χ2n) is 3.25. The average molecular weight is 249 g/mol. The van der Waals surface area contributed by atoms with Crippen molar-refractivity contribution >= 4 is 23.6 Å². The number of rotatable bonds is 8. The topological polar surface area (TPSA) is 75.6 Å². The van der Waals surface area contributed by atoms with Crippen LogP contribution < -0.4 is 5.32 Å². The molecule has 1 atom stereocenters. The van der Waals surface area contributed by atoms with Crippen LogP contribution in [-0.4, -0.2) is 48.2 Å². The van der Waals surface area contributed by atoms with E-state index in [-0.39, 0.29) is 12.5 Å². The van der Waals surface area contributed by atoms with E-state index in [4.69, 9.17) is 0 Å². The van der Waals surface area contributed by atoms with Crippen LogP contribution in [0.15, 0.2) is 0 Å². The molecule has 0 aliphatic heterocycles. The summed E-state index contributed by atoms with van der Waals surface area (Å²) in [7, 11) is 1.19. The fraction of sp³-hybridized carbons (Fsp3) is 0.800. The Labute approximate surface area is 99.9 Å². The van der Waals surface area contributed by atoms with Crippen LogP contribution in [0.4, 0.5) is 0 Å². The van der Waals surface area contributed by atoms with Crippen LogP contribution in [0.2, 0.25) is 0 Å². The van der Waals surface area contributed by atoms with Crippen LogP contribution in [-0.2, 0) is 14.3 Å². The number of nitrogens with one attached hydrogen (secondary N) is 1. The molecule has 0 aliphatic rings. The van der Waals surface area contributed by atoms with Crippen molar-refractivity contribution in [1.29, 1.82) is 0 Å². The van der Waals surface area contributed by atoms with Crippen LogP contribution in [0.1, 0.15) is 19.8 Å². The highest BCUT2D eigenvalue weighted by molar-refractivity contribution is 7.99. The minimum atomic E-state index is -1.28. The first-order valence-corrected chi connectivity index (χ1v) is 6.37. The minimum Gasteiger partial charge on any atom is -0.467 e. The van der Waals surface area contributed by atoms with E-state index >= 15 is 0 Å². The van der Waals surface area contributed by atoms with Crippen molar-refractivity contribution in [3.8, 4) is 0 Å². The molecule has 0 fully saturated rings. The average Bonchev–Trinajstić information content (AvgIpc) is 2.30. The van der Waals surface area contributed by atoms with Crippen LogP contribution >= 0.6 is 11.8 Å². The monoisotopic (exact) mass is 249 g/mol. The number of thioether (sulfide) groups is 1. The van der Waals surface area contributed by atoms with Gasteiger partial charge in [0.15, 0.2) is 6.10 Å². The Morgan fingerprint density at radius 2 is 2.19 bits per heavy atom. The van der Waals surface area contributed by atoms with Gasteiger partial charge in [-0.2, -0.15) is 11.8 Å². The molecule has 94 valence electrons. The molecule has 5 nitrogen and oxygen atoms in total. The first-order valence-electron chi connectivity index (χ1n) is 5.22. The summed E-state index contributed by atoms with van der Waals surface area (Å²) < 4.78 is 4.31. The summed E-state index contributed by atoms with van der Waals surface area (Å²) in [5, 5.41) is 11.6. The predicted octanol–water partition coefficient (Wildman–Crippen LogP) is 0.170. The van der Waals surface area contributed by atoms with E-state index in [1.54, 1.807) is 11.8 Å². The number of hydrogen-bond acceptors (Lipinski definition) is 5. The van der Waals surface area contributed by atoms with E-state index < -0.39 is 12.1 Å². The van der Waals surface area contributed by atoms with Gasteiger partial charge in [0, 0.05) is 0 Å². The third-order valence-electron chi connectivity index (χ3n) is 1.84. The quantitative estimate of drug-likeness (QED) is 0.474. The zero-order valence-corrected chi connectivity index (χ0v) is 10.5. The molecule has 0 aromatic rings. The Balaban J connectivity index is 3.53. The molecule has 0 saturated carbocycles. The predicted molar refractivity (Wildman–Crippen MR) is 63.3 cm³/mol. The second kappa shape index (κ2) is 9.47. The van der Waals surface area contributed by atoms with Gasteiger partial charge in [0.05, 0.1) is 19.4 Å². The van der Waals surface area contributed by atoms with Crippen molar-refractivity contribution < 1.29 is 19.4 Å². The Morgan fingerprint density at radius 3 is 2.75 bits per heavy atom. The second-order valence-corrected chi connectivity index (χ2v) is 4.35. The lowest BCUT2D eigenvalue weighted by molar-refractivity contribution is -0.150. The van der Waals surface area contributed by atoms with Gasteiger partial charge in [-0.1, -0.05) is 13.3 Å². The Kier molecular flexibility index (Phi) is 9.03. The number of methoxy groups -OCH3 is 1. The zero-order chi connectivity index (χ0) is 12.4. The number of amides is 1. The van der Waals surface area contributed by atoms with E-state index in [0.717, 1.165) is 18.6 Å². The molecule has 1 unspecified atom stereocenters. The molecule has 0 heterocycles. The zero-order valence-electron chi connectivity index (χ0n) is 9.69. The lowest BCUT2D eigenvalue weighted by Crippen LogP contribution is -2.38. The molecular weight excluding hydrogens is 230 g/mol. The van der Waals surface area contributed by atoms with E-state index in [0.29, 0.717) is 5.75 Å². The summed E-state index contributed by atoms with van der Waals surface area (Å²) in [5.74, 6) is 0.389. The van der Waals surface area contributed by atoms with E-state index in [1.165, 1.54) is 7.11 Å². The highest BCUT2D eigenvalue weighted by Gasteiger charge is 2.15. The van der Waals surface area contributed by atoms with Crippen molar-refractivity contribution in [2.24, 2.45) is 0 Å². The molecule has 2 N–H and O–H groups in total. The van der Waals surface area contributed by atoms with Crippen molar-refractivity contribution in [2.45, 2.75) is 25.9 Å². The standard InChI is InChI=1S/C10H19NO4S/c1-3-4-5-16-7-9(13)11-6-8(12)10(14)15-2/h8,12H,3-7H2,1-2H3,(H,11,13). The van der Waals surface area contributed by atoms with Crippen LogP contribution in [0.3, 0.4) is 0 Å². The minimum absolute atomic E-state index is 0.0974. The molecule has 0 rings (SSSR count). The van der Waals surface area contributed by atoms with Crippen molar-refractivity contribution in [3.05, 3.63) is 0 Å². The normalized spacial score (nSPS) is 11.9. The number of ether oxygens (including phenoxy) is 1. The number of aliphatic hydroxyl groups excluding tert-OH is 1. The van der Waals surface area contributed by atoms with Gasteiger partial charge in [-0.3, -0.25) is 4.79 Å². The highest BCUT2D eigenvalue weighted by Crippen LogP contribution is 2.03. The summed E-state index contributed by atoms with van der Waals surface area (Å²) in [6, 6.07) is 0.